The summed E-state index contributed by atoms with van der Waals surface area (Å²) in [5.41, 5.74) is 0.967. The largest absolute Gasteiger partial charge is 0.323 e. The number of carbonyl (C=O) groups excluding carboxylic acids is 2. The summed E-state index contributed by atoms with van der Waals surface area (Å²) in [5, 5.41) is 7.26. The first-order valence-corrected chi connectivity index (χ1v) is 10.4. The van der Waals surface area contributed by atoms with Gasteiger partial charge in [0, 0.05) is 36.2 Å². The van der Waals surface area contributed by atoms with Crippen LogP contribution in [0.1, 0.15) is 6.42 Å². The van der Waals surface area contributed by atoms with Crippen LogP contribution in [0.25, 0.3) is 0 Å². The highest BCUT2D eigenvalue weighted by molar-refractivity contribution is 6.37. The third-order valence-electron chi connectivity index (χ3n) is 4.42. The predicted octanol–water partition coefficient (Wildman–Crippen LogP) is 6.07. The van der Waals surface area contributed by atoms with Crippen molar-refractivity contribution < 1.29 is 9.59 Å². The van der Waals surface area contributed by atoms with Crippen LogP contribution >= 0.6 is 46.4 Å². The van der Waals surface area contributed by atoms with Crippen molar-refractivity contribution in [3.63, 3.8) is 0 Å². The highest BCUT2D eigenvalue weighted by atomic mass is 35.5. The molecule has 3 rings (SSSR count). The van der Waals surface area contributed by atoms with Crippen molar-refractivity contribution >= 4 is 69.8 Å². The zero-order chi connectivity index (χ0) is 21.0. The molecule has 2 aromatic carbocycles. The Morgan fingerprint density at radius 1 is 0.690 bits per heavy atom. The standard InChI is InChI=1S/C19H18Cl4N4O2/c20-12-2-4-16(14(22)10-12)24-18(28)26-6-1-7-27(9-8-26)19(29)25-17-5-3-13(21)11-15(17)23/h2-5,10-11H,1,6-9H2,(H,24,28)(H,25,29). The van der Waals surface area contributed by atoms with Crippen molar-refractivity contribution in [1.29, 1.82) is 0 Å². The van der Waals surface area contributed by atoms with Gasteiger partial charge in [0.25, 0.3) is 0 Å². The maximum atomic E-state index is 12.6. The van der Waals surface area contributed by atoms with E-state index in [2.05, 4.69) is 10.6 Å². The number of urea groups is 2. The Labute approximate surface area is 188 Å². The number of rotatable bonds is 2. The van der Waals surface area contributed by atoms with Crippen molar-refractivity contribution in [2.45, 2.75) is 6.42 Å². The van der Waals surface area contributed by atoms with Gasteiger partial charge in [0.1, 0.15) is 0 Å². The van der Waals surface area contributed by atoms with Crippen molar-refractivity contribution in [2.24, 2.45) is 0 Å². The van der Waals surface area contributed by atoms with E-state index >= 15 is 0 Å². The molecule has 29 heavy (non-hydrogen) atoms. The van der Waals surface area contributed by atoms with Gasteiger partial charge in [-0.25, -0.2) is 9.59 Å². The van der Waals surface area contributed by atoms with Crippen LogP contribution in [0, 0.1) is 0 Å². The van der Waals surface area contributed by atoms with Gasteiger partial charge >= 0.3 is 12.1 Å². The first-order valence-electron chi connectivity index (χ1n) is 8.85. The Morgan fingerprint density at radius 2 is 1.10 bits per heavy atom. The van der Waals surface area contributed by atoms with E-state index in [9.17, 15) is 9.59 Å². The van der Waals surface area contributed by atoms with Crippen molar-refractivity contribution in [3.8, 4) is 0 Å². The van der Waals surface area contributed by atoms with Crippen LogP contribution in [0.3, 0.4) is 0 Å². The van der Waals surface area contributed by atoms with Gasteiger partial charge in [-0.15, -0.1) is 0 Å². The third kappa shape index (κ3) is 5.82. The van der Waals surface area contributed by atoms with Crippen molar-refractivity contribution in [3.05, 3.63) is 56.5 Å². The quantitative estimate of drug-likeness (QED) is 0.553. The number of halogens is 4. The fraction of sp³-hybridized carbons (Fsp3) is 0.263. The third-order valence-corrected chi connectivity index (χ3v) is 5.51. The molecule has 2 N–H and O–H groups in total. The number of anilines is 2. The van der Waals surface area contributed by atoms with Gasteiger partial charge in [0.05, 0.1) is 21.4 Å². The highest BCUT2D eigenvalue weighted by Gasteiger charge is 2.23. The summed E-state index contributed by atoms with van der Waals surface area (Å²) in [6.45, 7) is 1.81. The zero-order valence-corrected chi connectivity index (χ0v) is 18.2. The maximum absolute atomic E-state index is 12.6. The number of carbonyl (C=O) groups is 2. The maximum Gasteiger partial charge on any atom is 0.321 e. The smallest absolute Gasteiger partial charge is 0.321 e. The second-order valence-electron chi connectivity index (χ2n) is 6.44. The number of hydrogen-bond acceptors (Lipinski definition) is 2. The van der Waals surface area contributed by atoms with E-state index in [1.807, 2.05) is 0 Å². The van der Waals surface area contributed by atoms with Crippen LogP contribution < -0.4 is 10.6 Å². The molecule has 1 saturated heterocycles. The number of nitrogens with zero attached hydrogens (tertiary/aromatic N) is 2. The molecule has 10 heteroatoms. The second kappa shape index (κ2) is 9.76. The average Bonchev–Trinajstić information content (AvgIpc) is 2.92. The molecule has 1 aliphatic heterocycles. The van der Waals surface area contributed by atoms with Gasteiger partial charge in [-0.05, 0) is 42.8 Å². The van der Waals surface area contributed by atoms with Gasteiger partial charge in [-0.1, -0.05) is 46.4 Å². The van der Waals surface area contributed by atoms with Crippen LogP contribution in [-0.2, 0) is 0 Å². The number of benzene rings is 2. The lowest BCUT2D eigenvalue weighted by Crippen LogP contribution is -2.40. The molecule has 0 atom stereocenters. The normalized spacial score (nSPS) is 14.3. The van der Waals surface area contributed by atoms with E-state index in [1.165, 1.54) is 0 Å². The lowest BCUT2D eigenvalue weighted by molar-refractivity contribution is 0.205. The van der Waals surface area contributed by atoms with E-state index in [0.29, 0.717) is 64.1 Å². The monoisotopic (exact) mass is 474 g/mol. The van der Waals surface area contributed by atoms with E-state index in [1.54, 1.807) is 46.2 Å². The summed E-state index contributed by atoms with van der Waals surface area (Å²) in [7, 11) is 0. The molecule has 6 nitrogen and oxygen atoms in total. The van der Waals surface area contributed by atoms with E-state index in [4.69, 9.17) is 46.4 Å². The minimum absolute atomic E-state index is 0.280. The number of amides is 4. The summed E-state index contributed by atoms with van der Waals surface area (Å²) in [6, 6.07) is 9.17. The van der Waals surface area contributed by atoms with Crippen LogP contribution in [0.5, 0.6) is 0 Å². The van der Waals surface area contributed by atoms with Crippen LogP contribution in [0.4, 0.5) is 21.0 Å². The molecule has 4 amide bonds. The molecule has 0 unspecified atom stereocenters. The molecular weight excluding hydrogens is 458 g/mol. The second-order valence-corrected chi connectivity index (χ2v) is 8.12. The molecule has 0 radical (unpaired) electrons. The van der Waals surface area contributed by atoms with Gasteiger partial charge < -0.3 is 20.4 Å². The lowest BCUT2D eigenvalue weighted by Gasteiger charge is -2.23. The van der Waals surface area contributed by atoms with Crippen LogP contribution in [0.15, 0.2) is 36.4 Å². The highest BCUT2D eigenvalue weighted by Crippen LogP contribution is 2.27. The number of hydrogen-bond donors (Lipinski definition) is 2. The first kappa shape index (κ1) is 21.8. The Hall–Kier alpha value is -1.86. The molecule has 154 valence electrons. The summed E-state index contributed by atoms with van der Waals surface area (Å²) < 4.78 is 0. The summed E-state index contributed by atoms with van der Waals surface area (Å²) in [5.74, 6) is 0. The van der Waals surface area contributed by atoms with E-state index in [-0.39, 0.29) is 12.1 Å². The molecule has 0 bridgehead atoms. The summed E-state index contributed by atoms with van der Waals surface area (Å²) in [4.78, 5) is 28.4. The van der Waals surface area contributed by atoms with Gasteiger partial charge in [0.2, 0.25) is 0 Å². The van der Waals surface area contributed by atoms with Gasteiger partial charge in [0.15, 0.2) is 0 Å². The minimum atomic E-state index is -0.280. The Balaban J connectivity index is 1.57. The average molecular weight is 476 g/mol. The van der Waals surface area contributed by atoms with E-state index in [0.717, 1.165) is 0 Å². The summed E-state index contributed by atoms with van der Waals surface area (Å²) in [6.07, 6.45) is 0.642. The SMILES string of the molecule is O=C(Nc1ccc(Cl)cc1Cl)N1CCCN(C(=O)Nc2ccc(Cl)cc2Cl)CC1. The van der Waals surface area contributed by atoms with Crippen LogP contribution in [-0.4, -0.2) is 48.0 Å². The zero-order valence-electron chi connectivity index (χ0n) is 15.2. The minimum Gasteiger partial charge on any atom is -0.323 e. The topological polar surface area (TPSA) is 64.7 Å². The molecule has 1 aliphatic rings. The first-order chi connectivity index (χ1) is 13.8. The van der Waals surface area contributed by atoms with E-state index < -0.39 is 0 Å². The number of nitrogens with one attached hydrogen (secondary N) is 2. The summed E-state index contributed by atoms with van der Waals surface area (Å²) >= 11 is 24.0. The molecule has 1 heterocycles. The molecule has 1 fully saturated rings. The Bertz CT molecular complexity index is 852. The Morgan fingerprint density at radius 3 is 1.48 bits per heavy atom. The molecular formula is C19H18Cl4N4O2. The fourth-order valence-electron chi connectivity index (χ4n) is 2.89. The predicted molar refractivity (Wildman–Crippen MR) is 119 cm³/mol. The van der Waals surface area contributed by atoms with Gasteiger partial charge in [-0.3, -0.25) is 0 Å². The molecule has 0 aliphatic carbocycles. The molecule has 0 aromatic heterocycles. The molecule has 0 saturated carbocycles. The van der Waals surface area contributed by atoms with Crippen molar-refractivity contribution in [2.75, 3.05) is 36.8 Å². The molecule has 0 spiro atoms. The fourth-order valence-corrected chi connectivity index (χ4v) is 3.81. The van der Waals surface area contributed by atoms with Crippen molar-refractivity contribution in [1.82, 2.24) is 9.80 Å². The molecule has 2 aromatic rings. The van der Waals surface area contributed by atoms with Gasteiger partial charge in [-0.2, -0.15) is 0 Å². The Kier molecular flexibility index (Phi) is 7.35. The lowest BCUT2D eigenvalue weighted by atomic mass is 10.3. The van der Waals surface area contributed by atoms with Crippen LogP contribution in [0.2, 0.25) is 20.1 Å².